The quantitative estimate of drug-likeness (QED) is 0.858. The second kappa shape index (κ2) is 6.00. The van der Waals surface area contributed by atoms with E-state index in [0.29, 0.717) is 12.2 Å². The maximum atomic E-state index is 13.9. The van der Waals surface area contributed by atoms with Crippen LogP contribution in [-0.4, -0.2) is 31.6 Å². The Morgan fingerprint density at radius 1 is 1.35 bits per heavy atom. The van der Waals surface area contributed by atoms with Crippen LogP contribution in [0.25, 0.3) is 5.69 Å². The van der Waals surface area contributed by atoms with Crippen LogP contribution in [0.4, 0.5) is 8.78 Å². The van der Waals surface area contributed by atoms with Gasteiger partial charge in [-0.2, -0.15) is 0 Å². The predicted octanol–water partition coefficient (Wildman–Crippen LogP) is 2.28. The standard InChI is InChI=1S/C12H11F2N3O2S/c1-2-9-15-16-12(20-6-10(18)19)17(9)11-7(13)4-3-5-8(11)14/h3-5H,2,6H2,1H3,(H,18,19). The molecule has 1 heterocycles. The molecule has 5 nitrogen and oxygen atoms in total. The Balaban J connectivity index is 2.53. The number of halogens is 2. The van der Waals surface area contributed by atoms with Gasteiger partial charge in [0.2, 0.25) is 0 Å². The smallest absolute Gasteiger partial charge is 0.313 e. The first-order valence-corrected chi connectivity index (χ1v) is 6.76. The summed E-state index contributed by atoms with van der Waals surface area (Å²) in [4.78, 5) is 10.6. The lowest BCUT2D eigenvalue weighted by atomic mass is 10.3. The minimum absolute atomic E-state index is 0.147. The molecule has 0 saturated carbocycles. The lowest BCUT2D eigenvalue weighted by Gasteiger charge is -2.10. The summed E-state index contributed by atoms with van der Waals surface area (Å²) >= 11 is 0.860. The Morgan fingerprint density at radius 2 is 2.00 bits per heavy atom. The van der Waals surface area contributed by atoms with E-state index in [-0.39, 0.29) is 16.6 Å². The van der Waals surface area contributed by atoms with E-state index in [1.165, 1.54) is 10.6 Å². The van der Waals surface area contributed by atoms with Crippen LogP contribution < -0.4 is 0 Å². The van der Waals surface area contributed by atoms with Gasteiger partial charge in [0.25, 0.3) is 0 Å². The van der Waals surface area contributed by atoms with Crippen LogP contribution in [0.3, 0.4) is 0 Å². The molecule has 0 bridgehead atoms. The van der Waals surface area contributed by atoms with E-state index < -0.39 is 17.6 Å². The molecule has 2 rings (SSSR count). The molecule has 1 N–H and O–H groups in total. The number of carboxylic acid groups (broad SMARTS) is 1. The minimum atomic E-state index is -1.04. The molecule has 2 aromatic rings. The summed E-state index contributed by atoms with van der Waals surface area (Å²) in [5, 5.41) is 16.5. The van der Waals surface area contributed by atoms with Gasteiger partial charge in [-0.05, 0) is 12.1 Å². The third kappa shape index (κ3) is 2.79. The van der Waals surface area contributed by atoms with E-state index in [9.17, 15) is 13.6 Å². The highest BCUT2D eigenvalue weighted by molar-refractivity contribution is 7.99. The minimum Gasteiger partial charge on any atom is -0.481 e. The van der Waals surface area contributed by atoms with E-state index in [1.54, 1.807) is 6.92 Å². The maximum absolute atomic E-state index is 13.9. The first kappa shape index (κ1) is 14.4. The Kier molecular flexibility index (Phi) is 4.33. The molecule has 1 aromatic carbocycles. The number of nitrogens with zero attached hydrogens (tertiary/aromatic N) is 3. The zero-order chi connectivity index (χ0) is 14.7. The van der Waals surface area contributed by atoms with Crippen molar-refractivity contribution in [1.82, 2.24) is 14.8 Å². The number of aryl methyl sites for hydroxylation is 1. The van der Waals surface area contributed by atoms with E-state index in [1.807, 2.05) is 0 Å². The van der Waals surface area contributed by atoms with Gasteiger partial charge in [0, 0.05) is 6.42 Å². The summed E-state index contributed by atoms with van der Waals surface area (Å²) < 4.78 is 29.0. The van der Waals surface area contributed by atoms with E-state index in [0.717, 1.165) is 23.9 Å². The van der Waals surface area contributed by atoms with Crippen LogP contribution in [-0.2, 0) is 11.2 Å². The van der Waals surface area contributed by atoms with Crippen molar-refractivity contribution in [3.63, 3.8) is 0 Å². The first-order chi connectivity index (χ1) is 9.54. The molecule has 0 aliphatic carbocycles. The van der Waals surface area contributed by atoms with Crippen molar-refractivity contribution in [3.05, 3.63) is 35.7 Å². The molecule has 0 spiro atoms. The molecule has 0 atom stereocenters. The van der Waals surface area contributed by atoms with Gasteiger partial charge in [-0.1, -0.05) is 24.8 Å². The van der Waals surface area contributed by atoms with Gasteiger partial charge in [0.15, 0.2) is 5.16 Å². The van der Waals surface area contributed by atoms with Crippen molar-refractivity contribution in [3.8, 4) is 5.69 Å². The van der Waals surface area contributed by atoms with Crippen molar-refractivity contribution in [2.75, 3.05) is 5.75 Å². The summed E-state index contributed by atoms with van der Waals surface area (Å²) in [6.07, 6.45) is 0.411. The normalized spacial score (nSPS) is 10.8. The fourth-order valence-electron chi connectivity index (χ4n) is 1.68. The number of hydrogen-bond acceptors (Lipinski definition) is 4. The number of carbonyl (C=O) groups is 1. The highest BCUT2D eigenvalue weighted by Crippen LogP contribution is 2.26. The highest BCUT2D eigenvalue weighted by Gasteiger charge is 2.20. The number of benzene rings is 1. The summed E-state index contributed by atoms with van der Waals surface area (Å²) in [7, 11) is 0. The Bertz CT molecular complexity index is 625. The molecule has 0 aliphatic heterocycles. The molecule has 0 aliphatic rings. The van der Waals surface area contributed by atoms with Gasteiger partial charge in [-0.3, -0.25) is 9.36 Å². The molecule has 8 heteroatoms. The second-order valence-corrected chi connectivity index (χ2v) is 4.78. The number of aromatic nitrogens is 3. The second-order valence-electron chi connectivity index (χ2n) is 3.84. The van der Waals surface area contributed by atoms with E-state index in [4.69, 9.17) is 5.11 Å². The van der Waals surface area contributed by atoms with Crippen LogP contribution >= 0.6 is 11.8 Å². The van der Waals surface area contributed by atoms with Crippen LogP contribution in [0.15, 0.2) is 23.4 Å². The number of thioether (sulfide) groups is 1. The number of para-hydroxylation sites is 1. The van der Waals surface area contributed by atoms with Crippen LogP contribution in [0.2, 0.25) is 0 Å². The first-order valence-electron chi connectivity index (χ1n) is 5.77. The summed E-state index contributed by atoms with van der Waals surface area (Å²) in [5.41, 5.74) is -0.290. The third-order valence-corrected chi connectivity index (χ3v) is 3.42. The molecule has 0 radical (unpaired) electrons. The van der Waals surface area contributed by atoms with Crippen LogP contribution in [0.1, 0.15) is 12.7 Å². The van der Waals surface area contributed by atoms with Crippen molar-refractivity contribution in [2.45, 2.75) is 18.5 Å². The zero-order valence-corrected chi connectivity index (χ0v) is 11.3. The molecule has 20 heavy (non-hydrogen) atoms. The SMILES string of the molecule is CCc1nnc(SCC(=O)O)n1-c1c(F)cccc1F. The largest absolute Gasteiger partial charge is 0.481 e. The summed E-state index contributed by atoms with van der Waals surface area (Å²) in [6.45, 7) is 1.77. The molecule has 0 amide bonds. The van der Waals surface area contributed by atoms with Crippen molar-refractivity contribution >= 4 is 17.7 Å². The summed E-state index contributed by atoms with van der Waals surface area (Å²) in [6, 6.07) is 3.52. The zero-order valence-electron chi connectivity index (χ0n) is 10.5. The maximum Gasteiger partial charge on any atom is 0.313 e. The number of aliphatic carboxylic acids is 1. The lowest BCUT2D eigenvalue weighted by molar-refractivity contribution is -0.133. The number of hydrogen-bond donors (Lipinski definition) is 1. The third-order valence-electron chi connectivity index (χ3n) is 2.50. The summed E-state index contributed by atoms with van der Waals surface area (Å²) in [5.74, 6) is -2.45. The topological polar surface area (TPSA) is 68.0 Å². The lowest BCUT2D eigenvalue weighted by Crippen LogP contribution is -2.08. The molecule has 106 valence electrons. The van der Waals surface area contributed by atoms with E-state index >= 15 is 0 Å². The average molecular weight is 299 g/mol. The molecule has 0 fully saturated rings. The molecule has 0 saturated heterocycles. The van der Waals surface area contributed by atoms with Gasteiger partial charge in [-0.15, -0.1) is 10.2 Å². The monoisotopic (exact) mass is 299 g/mol. The van der Waals surface area contributed by atoms with E-state index in [2.05, 4.69) is 10.2 Å². The highest BCUT2D eigenvalue weighted by atomic mass is 32.2. The average Bonchev–Trinajstić information content (AvgIpc) is 2.79. The van der Waals surface area contributed by atoms with Crippen LogP contribution in [0.5, 0.6) is 0 Å². The predicted molar refractivity (Wildman–Crippen MR) is 69.0 cm³/mol. The Labute approximate surface area is 117 Å². The fourth-order valence-corrected chi connectivity index (χ4v) is 2.35. The number of rotatable bonds is 5. The molecular formula is C12H11F2N3O2S. The van der Waals surface area contributed by atoms with Gasteiger partial charge < -0.3 is 5.11 Å². The number of carboxylic acids is 1. The van der Waals surface area contributed by atoms with Crippen LogP contribution in [0, 0.1) is 11.6 Å². The van der Waals surface area contributed by atoms with Crippen molar-refractivity contribution < 1.29 is 18.7 Å². The Hall–Kier alpha value is -1.96. The van der Waals surface area contributed by atoms with Gasteiger partial charge in [0.05, 0.1) is 5.75 Å². The van der Waals surface area contributed by atoms with Crippen molar-refractivity contribution in [1.29, 1.82) is 0 Å². The molecule has 1 aromatic heterocycles. The van der Waals surface area contributed by atoms with Gasteiger partial charge in [0.1, 0.15) is 23.1 Å². The molecule has 0 unspecified atom stereocenters. The Morgan fingerprint density at radius 3 is 2.55 bits per heavy atom. The van der Waals surface area contributed by atoms with Gasteiger partial charge in [-0.25, -0.2) is 8.78 Å². The fraction of sp³-hybridized carbons (Fsp3) is 0.250. The van der Waals surface area contributed by atoms with Crippen molar-refractivity contribution in [2.24, 2.45) is 0 Å². The van der Waals surface area contributed by atoms with Gasteiger partial charge >= 0.3 is 5.97 Å². The molecular weight excluding hydrogens is 288 g/mol.